The van der Waals surface area contributed by atoms with Crippen molar-refractivity contribution in [3.8, 4) is 0 Å². The number of ether oxygens (including phenoxy) is 1. The number of hydrogen-bond acceptors (Lipinski definition) is 5. The Bertz CT molecular complexity index is 861. The number of methoxy groups -OCH3 is 1. The van der Waals surface area contributed by atoms with Gasteiger partial charge in [0.25, 0.3) is 0 Å². The second-order valence-electron chi connectivity index (χ2n) is 7.75. The van der Waals surface area contributed by atoms with Crippen LogP contribution in [-0.2, 0) is 25.5 Å². The van der Waals surface area contributed by atoms with Gasteiger partial charge in [-0.2, -0.15) is 0 Å². The molecule has 8 heteroatoms. The van der Waals surface area contributed by atoms with Gasteiger partial charge in [-0.1, -0.05) is 32.0 Å². The van der Waals surface area contributed by atoms with E-state index in [2.05, 4.69) is 15.6 Å². The van der Waals surface area contributed by atoms with Crippen molar-refractivity contribution in [1.82, 2.24) is 15.6 Å². The van der Waals surface area contributed by atoms with Crippen LogP contribution in [0.5, 0.6) is 0 Å². The molecule has 2 aromatic rings. The molecule has 0 radical (unpaired) electrons. The molecule has 0 saturated carbocycles. The van der Waals surface area contributed by atoms with E-state index in [1.54, 1.807) is 0 Å². The Hall–Kier alpha value is -2.87. The van der Waals surface area contributed by atoms with Crippen LogP contribution >= 0.6 is 0 Å². The molecule has 1 aromatic carbocycles. The predicted octanol–water partition coefficient (Wildman–Crippen LogP) is 1.53. The Balaban J connectivity index is 2.21. The van der Waals surface area contributed by atoms with Gasteiger partial charge >= 0.3 is 5.97 Å². The third kappa shape index (κ3) is 6.59. The molecule has 0 aliphatic rings. The van der Waals surface area contributed by atoms with Gasteiger partial charge in [0, 0.05) is 36.0 Å². The van der Waals surface area contributed by atoms with Gasteiger partial charge in [-0.15, -0.1) is 0 Å². The molecule has 0 fully saturated rings. The first-order chi connectivity index (χ1) is 14.3. The minimum absolute atomic E-state index is 0.0431. The number of aliphatic hydroxyl groups is 1. The summed E-state index contributed by atoms with van der Waals surface area (Å²) in [5.41, 5.74) is 1.83. The molecule has 30 heavy (non-hydrogen) atoms. The Labute approximate surface area is 176 Å². The lowest BCUT2D eigenvalue weighted by molar-refractivity contribution is -0.144. The summed E-state index contributed by atoms with van der Waals surface area (Å²) in [4.78, 5) is 40.6. The van der Waals surface area contributed by atoms with Crippen LogP contribution in [0.15, 0.2) is 30.5 Å². The Morgan fingerprint density at radius 3 is 2.57 bits per heavy atom. The van der Waals surface area contributed by atoms with Gasteiger partial charge in [0.05, 0.1) is 20.1 Å². The quantitative estimate of drug-likeness (QED) is 0.413. The molecule has 0 aliphatic heterocycles. The van der Waals surface area contributed by atoms with Gasteiger partial charge in [0.15, 0.2) is 0 Å². The number of aromatic amines is 1. The first-order valence-corrected chi connectivity index (χ1v) is 10.2. The maximum Gasteiger partial charge on any atom is 0.306 e. The number of carbonyl (C=O) groups excluding carboxylic acids is 3. The smallest absolute Gasteiger partial charge is 0.306 e. The van der Waals surface area contributed by atoms with E-state index in [9.17, 15) is 14.4 Å². The molecule has 0 spiro atoms. The number of rotatable bonds is 11. The summed E-state index contributed by atoms with van der Waals surface area (Å²) in [7, 11) is 1.29. The lowest BCUT2D eigenvalue weighted by Gasteiger charge is -2.23. The van der Waals surface area contributed by atoms with Crippen molar-refractivity contribution in [2.45, 2.75) is 39.2 Å². The number of hydrogen-bond donors (Lipinski definition) is 4. The first kappa shape index (κ1) is 23.4. The summed E-state index contributed by atoms with van der Waals surface area (Å²) in [5.74, 6) is -1.61. The molecule has 2 amide bonds. The third-order valence-corrected chi connectivity index (χ3v) is 4.91. The predicted molar refractivity (Wildman–Crippen MR) is 114 cm³/mol. The molecular weight excluding hydrogens is 386 g/mol. The van der Waals surface area contributed by atoms with Crippen molar-refractivity contribution in [1.29, 1.82) is 0 Å². The highest BCUT2D eigenvalue weighted by atomic mass is 16.5. The van der Waals surface area contributed by atoms with Gasteiger partial charge < -0.3 is 25.5 Å². The molecule has 8 nitrogen and oxygen atoms in total. The van der Waals surface area contributed by atoms with E-state index < -0.39 is 17.9 Å². The van der Waals surface area contributed by atoms with Crippen LogP contribution in [0.2, 0.25) is 0 Å². The normalized spacial score (nSPS) is 13.1. The highest BCUT2D eigenvalue weighted by Gasteiger charge is 2.28. The van der Waals surface area contributed by atoms with Crippen LogP contribution in [0.1, 0.15) is 32.3 Å². The Kier molecular flexibility index (Phi) is 8.86. The molecule has 164 valence electrons. The highest BCUT2D eigenvalue weighted by Crippen LogP contribution is 2.20. The van der Waals surface area contributed by atoms with Crippen LogP contribution in [-0.4, -0.2) is 54.2 Å². The summed E-state index contributed by atoms with van der Waals surface area (Å²) < 4.78 is 4.72. The molecule has 0 saturated heterocycles. The zero-order valence-corrected chi connectivity index (χ0v) is 17.7. The van der Waals surface area contributed by atoms with Gasteiger partial charge in [0.2, 0.25) is 11.8 Å². The fourth-order valence-corrected chi connectivity index (χ4v) is 3.46. The maximum atomic E-state index is 13.0. The van der Waals surface area contributed by atoms with Crippen molar-refractivity contribution in [2.24, 2.45) is 11.8 Å². The van der Waals surface area contributed by atoms with Crippen LogP contribution < -0.4 is 10.6 Å². The summed E-state index contributed by atoms with van der Waals surface area (Å²) in [6.07, 6.45) is 2.56. The van der Waals surface area contributed by atoms with E-state index in [0.717, 1.165) is 16.5 Å². The molecule has 0 bridgehead atoms. The number of amides is 2. The zero-order valence-electron chi connectivity index (χ0n) is 17.7. The molecule has 0 aliphatic carbocycles. The van der Waals surface area contributed by atoms with Crippen molar-refractivity contribution in [3.63, 3.8) is 0 Å². The standard InChI is InChI=1S/C22H31N3O5/c1-14(2)10-15(12-20(27)30-3)21(28)25-19(22(29)23-8-9-26)11-16-13-24-18-7-5-4-6-17(16)18/h4-7,13-15,19,24,26H,8-12H2,1-3H3,(H,23,29)(H,25,28)/t15-,19+/m1/s1. The minimum atomic E-state index is -0.837. The Morgan fingerprint density at radius 1 is 1.17 bits per heavy atom. The average Bonchev–Trinajstić information content (AvgIpc) is 3.13. The third-order valence-electron chi connectivity index (χ3n) is 4.91. The summed E-state index contributed by atoms with van der Waals surface area (Å²) >= 11 is 0. The second-order valence-corrected chi connectivity index (χ2v) is 7.75. The molecular formula is C22H31N3O5. The van der Waals surface area contributed by atoms with Crippen LogP contribution in [0.4, 0.5) is 0 Å². The van der Waals surface area contributed by atoms with Crippen molar-refractivity contribution < 1.29 is 24.2 Å². The van der Waals surface area contributed by atoms with Gasteiger partial charge in [-0.3, -0.25) is 14.4 Å². The van der Waals surface area contributed by atoms with E-state index in [-0.39, 0.29) is 43.7 Å². The van der Waals surface area contributed by atoms with E-state index in [4.69, 9.17) is 9.84 Å². The van der Waals surface area contributed by atoms with E-state index >= 15 is 0 Å². The van der Waals surface area contributed by atoms with Crippen molar-refractivity contribution in [3.05, 3.63) is 36.0 Å². The van der Waals surface area contributed by atoms with Crippen molar-refractivity contribution >= 4 is 28.7 Å². The fraction of sp³-hybridized carbons (Fsp3) is 0.500. The molecule has 1 heterocycles. The molecule has 1 aromatic heterocycles. The molecule has 2 atom stereocenters. The fourth-order valence-electron chi connectivity index (χ4n) is 3.46. The van der Waals surface area contributed by atoms with Crippen LogP contribution in [0, 0.1) is 11.8 Å². The number of para-hydroxylation sites is 1. The topological polar surface area (TPSA) is 121 Å². The largest absolute Gasteiger partial charge is 0.469 e. The number of H-pyrrole nitrogens is 1. The second kappa shape index (κ2) is 11.3. The first-order valence-electron chi connectivity index (χ1n) is 10.2. The van der Waals surface area contributed by atoms with Gasteiger partial charge in [-0.05, 0) is 24.0 Å². The lowest BCUT2D eigenvalue weighted by atomic mass is 9.92. The number of fused-ring (bicyclic) bond motifs is 1. The monoisotopic (exact) mass is 417 g/mol. The number of aliphatic hydroxyl groups excluding tert-OH is 1. The number of aromatic nitrogens is 1. The minimum Gasteiger partial charge on any atom is -0.469 e. The Morgan fingerprint density at radius 2 is 1.90 bits per heavy atom. The zero-order chi connectivity index (χ0) is 22.1. The van der Waals surface area contributed by atoms with Crippen LogP contribution in [0.25, 0.3) is 10.9 Å². The van der Waals surface area contributed by atoms with Gasteiger partial charge in [-0.25, -0.2) is 0 Å². The highest BCUT2D eigenvalue weighted by molar-refractivity contribution is 5.91. The number of carbonyl (C=O) groups is 3. The lowest BCUT2D eigenvalue weighted by Crippen LogP contribution is -2.50. The van der Waals surface area contributed by atoms with Gasteiger partial charge in [0.1, 0.15) is 6.04 Å². The van der Waals surface area contributed by atoms with E-state index in [0.29, 0.717) is 6.42 Å². The molecule has 4 N–H and O–H groups in total. The van der Waals surface area contributed by atoms with Crippen molar-refractivity contribution in [2.75, 3.05) is 20.3 Å². The number of esters is 1. The maximum absolute atomic E-state index is 13.0. The summed E-state index contributed by atoms with van der Waals surface area (Å²) in [5, 5.41) is 15.4. The SMILES string of the molecule is COC(=O)C[C@@H](CC(C)C)C(=O)N[C@@H](Cc1c[nH]c2ccccc12)C(=O)NCCO. The van der Waals surface area contributed by atoms with Crippen LogP contribution in [0.3, 0.4) is 0 Å². The van der Waals surface area contributed by atoms with E-state index in [1.165, 1.54) is 7.11 Å². The molecule has 0 unspecified atom stereocenters. The number of benzene rings is 1. The summed E-state index contributed by atoms with van der Waals surface area (Å²) in [6, 6.07) is 6.88. The molecule has 2 rings (SSSR count). The number of nitrogens with one attached hydrogen (secondary N) is 3. The summed E-state index contributed by atoms with van der Waals surface area (Å²) in [6.45, 7) is 3.83. The average molecular weight is 418 g/mol. The van der Waals surface area contributed by atoms with E-state index in [1.807, 2.05) is 44.3 Å².